The number of hydrogen-bond donors (Lipinski definition) is 5. The molecule has 1 fully saturated rings. The summed E-state index contributed by atoms with van der Waals surface area (Å²) < 4.78 is 0. The Kier molecular flexibility index (Phi) is 4.39. The maximum absolute atomic E-state index is 12.1. The van der Waals surface area contributed by atoms with Crippen molar-refractivity contribution in [2.24, 2.45) is 5.92 Å². The third-order valence-corrected chi connectivity index (χ3v) is 3.86. The van der Waals surface area contributed by atoms with Crippen LogP contribution in [0, 0.1) is 5.92 Å². The fourth-order valence-electron chi connectivity index (χ4n) is 2.49. The van der Waals surface area contributed by atoms with E-state index in [0.29, 0.717) is 5.56 Å². The average molecular weight is 281 g/mol. The van der Waals surface area contributed by atoms with E-state index < -0.39 is 42.3 Å². The molecule has 0 aliphatic heterocycles. The minimum Gasteiger partial charge on any atom is -0.390 e. The number of aliphatic hydroxyl groups is 4. The van der Waals surface area contributed by atoms with Crippen molar-refractivity contribution in [2.75, 3.05) is 0 Å². The molecule has 1 aromatic rings. The molecule has 0 radical (unpaired) electrons. The minimum atomic E-state index is -1.50. The van der Waals surface area contributed by atoms with Gasteiger partial charge in [0.1, 0.15) is 18.3 Å². The van der Waals surface area contributed by atoms with Crippen LogP contribution in [0.15, 0.2) is 30.3 Å². The standard InChI is InChI=1S/C14H19NO5/c1-7-9(11(17)13(19)12(18)10(7)16)15-14(20)8-5-3-2-4-6-8/h2-7,9-13,16-19H,1H3,(H,15,20)/t7-,9-,10-,11+,12-,13-/m1/s1. The van der Waals surface area contributed by atoms with Crippen LogP contribution in [0.3, 0.4) is 0 Å². The molecule has 5 N–H and O–H groups in total. The number of amides is 1. The molecule has 110 valence electrons. The van der Waals surface area contributed by atoms with E-state index in [2.05, 4.69) is 5.32 Å². The van der Waals surface area contributed by atoms with Gasteiger partial charge in [-0.2, -0.15) is 0 Å². The maximum atomic E-state index is 12.1. The second-order valence-corrected chi connectivity index (χ2v) is 5.19. The van der Waals surface area contributed by atoms with Gasteiger partial charge in [-0.15, -0.1) is 0 Å². The summed E-state index contributed by atoms with van der Waals surface area (Å²) in [5.74, 6) is -0.992. The molecule has 1 amide bonds. The Hall–Kier alpha value is -1.47. The van der Waals surface area contributed by atoms with Crippen LogP contribution in [-0.4, -0.2) is 56.8 Å². The minimum absolute atomic E-state index is 0.405. The highest BCUT2D eigenvalue weighted by Gasteiger charge is 2.47. The van der Waals surface area contributed by atoms with E-state index in [1.807, 2.05) is 0 Å². The molecular formula is C14H19NO5. The highest BCUT2D eigenvalue weighted by atomic mass is 16.4. The zero-order valence-corrected chi connectivity index (χ0v) is 11.0. The van der Waals surface area contributed by atoms with E-state index in [0.717, 1.165) is 0 Å². The van der Waals surface area contributed by atoms with Crippen molar-refractivity contribution < 1.29 is 25.2 Å². The van der Waals surface area contributed by atoms with E-state index >= 15 is 0 Å². The number of carbonyl (C=O) groups excluding carboxylic acids is 1. The summed E-state index contributed by atoms with van der Waals surface area (Å²) in [5, 5.41) is 41.6. The molecule has 1 aliphatic rings. The molecule has 6 nitrogen and oxygen atoms in total. The summed E-state index contributed by atoms with van der Waals surface area (Å²) in [6.07, 6.45) is -5.47. The Morgan fingerprint density at radius 1 is 0.950 bits per heavy atom. The highest BCUT2D eigenvalue weighted by molar-refractivity contribution is 5.94. The number of carbonyl (C=O) groups is 1. The van der Waals surface area contributed by atoms with Gasteiger partial charge in [0.25, 0.3) is 5.91 Å². The second kappa shape index (κ2) is 5.88. The predicted molar refractivity (Wildman–Crippen MR) is 70.9 cm³/mol. The van der Waals surface area contributed by atoms with Crippen LogP contribution >= 0.6 is 0 Å². The first-order valence-corrected chi connectivity index (χ1v) is 6.51. The largest absolute Gasteiger partial charge is 0.390 e. The molecule has 0 spiro atoms. The number of hydrogen-bond acceptors (Lipinski definition) is 5. The van der Waals surface area contributed by atoms with Gasteiger partial charge in [0.05, 0.1) is 12.1 Å². The molecule has 2 rings (SSSR count). The topological polar surface area (TPSA) is 110 Å². The Balaban J connectivity index is 2.13. The highest BCUT2D eigenvalue weighted by Crippen LogP contribution is 2.26. The van der Waals surface area contributed by atoms with Crippen molar-refractivity contribution in [3.8, 4) is 0 Å². The fourth-order valence-corrected chi connectivity index (χ4v) is 2.49. The van der Waals surface area contributed by atoms with Crippen molar-refractivity contribution in [3.63, 3.8) is 0 Å². The van der Waals surface area contributed by atoms with Gasteiger partial charge in [-0.3, -0.25) is 4.79 Å². The lowest BCUT2D eigenvalue weighted by Crippen LogP contribution is -2.65. The van der Waals surface area contributed by atoms with Gasteiger partial charge < -0.3 is 25.7 Å². The first-order valence-electron chi connectivity index (χ1n) is 6.51. The van der Waals surface area contributed by atoms with Crippen molar-refractivity contribution in [2.45, 2.75) is 37.4 Å². The summed E-state index contributed by atoms with van der Waals surface area (Å²) in [6, 6.07) is 7.61. The van der Waals surface area contributed by atoms with Crippen LogP contribution in [0.25, 0.3) is 0 Å². The zero-order valence-electron chi connectivity index (χ0n) is 11.0. The molecule has 1 saturated carbocycles. The third-order valence-electron chi connectivity index (χ3n) is 3.86. The van der Waals surface area contributed by atoms with Gasteiger partial charge in [0.2, 0.25) is 0 Å². The number of nitrogens with one attached hydrogen (secondary N) is 1. The molecule has 0 bridgehead atoms. The Morgan fingerprint density at radius 2 is 1.50 bits per heavy atom. The number of rotatable bonds is 2. The maximum Gasteiger partial charge on any atom is 0.251 e. The predicted octanol–water partition coefficient (Wildman–Crippen LogP) is -1.12. The van der Waals surface area contributed by atoms with Gasteiger partial charge >= 0.3 is 0 Å². The number of aliphatic hydroxyl groups excluding tert-OH is 4. The first-order chi connectivity index (χ1) is 9.43. The summed E-state index contributed by atoms with van der Waals surface area (Å²) in [7, 11) is 0. The molecule has 6 atom stereocenters. The van der Waals surface area contributed by atoms with Crippen molar-refractivity contribution >= 4 is 5.91 Å². The third kappa shape index (κ3) is 2.69. The second-order valence-electron chi connectivity index (χ2n) is 5.19. The quantitative estimate of drug-likeness (QED) is 0.471. The van der Waals surface area contributed by atoms with Gasteiger partial charge in [-0.05, 0) is 12.1 Å². The van der Waals surface area contributed by atoms with Crippen LogP contribution in [0.2, 0.25) is 0 Å². The lowest BCUT2D eigenvalue weighted by molar-refractivity contribution is -0.165. The normalized spacial score (nSPS) is 37.5. The van der Waals surface area contributed by atoms with Gasteiger partial charge in [-0.1, -0.05) is 25.1 Å². The van der Waals surface area contributed by atoms with E-state index in [1.165, 1.54) is 0 Å². The number of benzene rings is 1. The molecule has 0 saturated heterocycles. The van der Waals surface area contributed by atoms with Crippen LogP contribution < -0.4 is 5.32 Å². The smallest absolute Gasteiger partial charge is 0.251 e. The van der Waals surface area contributed by atoms with Crippen molar-refractivity contribution in [1.29, 1.82) is 0 Å². The van der Waals surface area contributed by atoms with Gasteiger partial charge in [-0.25, -0.2) is 0 Å². The van der Waals surface area contributed by atoms with Crippen LogP contribution in [0.4, 0.5) is 0 Å². The first kappa shape index (κ1) is 14.9. The van der Waals surface area contributed by atoms with E-state index in [1.54, 1.807) is 37.3 Å². The summed E-state index contributed by atoms with van der Waals surface area (Å²) in [6.45, 7) is 1.60. The molecule has 0 aromatic heterocycles. The van der Waals surface area contributed by atoms with E-state index in [4.69, 9.17) is 0 Å². The molecule has 1 aliphatic carbocycles. The summed E-state index contributed by atoms with van der Waals surface area (Å²) >= 11 is 0. The van der Waals surface area contributed by atoms with Crippen LogP contribution in [-0.2, 0) is 0 Å². The molecule has 6 heteroatoms. The molecule has 20 heavy (non-hydrogen) atoms. The Bertz CT molecular complexity index is 450. The molecule has 0 heterocycles. The average Bonchev–Trinajstić information content (AvgIpc) is 2.48. The summed E-state index contributed by atoms with van der Waals surface area (Å²) in [5.41, 5.74) is 0.419. The lowest BCUT2D eigenvalue weighted by atomic mass is 9.77. The van der Waals surface area contributed by atoms with Crippen LogP contribution in [0.1, 0.15) is 17.3 Å². The Labute approximate surface area is 116 Å². The van der Waals surface area contributed by atoms with Crippen molar-refractivity contribution in [3.05, 3.63) is 35.9 Å². The molecule has 0 unspecified atom stereocenters. The Morgan fingerprint density at radius 3 is 2.10 bits per heavy atom. The monoisotopic (exact) mass is 281 g/mol. The molecule has 1 aromatic carbocycles. The van der Waals surface area contributed by atoms with Gasteiger partial charge in [0.15, 0.2) is 0 Å². The van der Waals surface area contributed by atoms with Crippen LogP contribution in [0.5, 0.6) is 0 Å². The van der Waals surface area contributed by atoms with Crippen molar-refractivity contribution in [1.82, 2.24) is 5.32 Å². The SMILES string of the molecule is C[C@H]1[C@@H](O)[C@@H](O)[C@H](O)[C@@H](O)[C@@H]1NC(=O)c1ccccc1. The zero-order chi connectivity index (χ0) is 14.9. The summed E-state index contributed by atoms with van der Waals surface area (Å²) in [4.78, 5) is 12.1. The van der Waals surface area contributed by atoms with Gasteiger partial charge in [0, 0.05) is 11.5 Å². The lowest BCUT2D eigenvalue weighted by Gasteiger charge is -2.43. The van der Waals surface area contributed by atoms with E-state index in [-0.39, 0.29) is 0 Å². The van der Waals surface area contributed by atoms with E-state index in [9.17, 15) is 25.2 Å². The fraction of sp³-hybridized carbons (Fsp3) is 0.500. The molecular weight excluding hydrogens is 262 g/mol.